The molecule has 24 heavy (non-hydrogen) atoms. The summed E-state index contributed by atoms with van der Waals surface area (Å²) in [6.07, 6.45) is 3.16. The molecule has 8 nitrogen and oxygen atoms in total. The van der Waals surface area contributed by atoms with Gasteiger partial charge in [-0.05, 0) is 12.1 Å². The minimum absolute atomic E-state index is 0.162. The van der Waals surface area contributed by atoms with Crippen LogP contribution >= 0.6 is 0 Å². The average Bonchev–Trinajstić information content (AvgIpc) is 3.07. The van der Waals surface area contributed by atoms with E-state index in [9.17, 15) is 9.90 Å². The van der Waals surface area contributed by atoms with Crippen molar-refractivity contribution in [1.82, 2.24) is 20.0 Å². The molecule has 0 bridgehead atoms. The van der Waals surface area contributed by atoms with Crippen LogP contribution in [-0.2, 0) is 0 Å². The fraction of sp³-hybridized carbons (Fsp3) is 0.125. The molecule has 2 aromatic heterocycles. The van der Waals surface area contributed by atoms with Gasteiger partial charge < -0.3 is 14.6 Å². The second-order valence-corrected chi connectivity index (χ2v) is 4.82. The highest BCUT2D eigenvalue weighted by atomic mass is 16.5. The van der Waals surface area contributed by atoms with Crippen LogP contribution in [0.5, 0.6) is 11.5 Å². The number of pyridine rings is 1. The zero-order chi connectivity index (χ0) is 17.1. The molecule has 0 aliphatic carbocycles. The van der Waals surface area contributed by atoms with E-state index in [4.69, 9.17) is 9.47 Å². The average molecular weight is 326 g/mol. The quantitative estimate of drug-likeness (QED) is 0.766. The van der Waals surface area contributed by atoms with Crippen LogP contribution in [0.2, 0.25) is 0 Å². The van der Waals surface area contributed by atoms with Crippen molar-refractivity contribution in [3.8, 4) is 28.4 Å². The number of carbonyl (C=O) groups is 1. The number of rotatable bonds is 5. The minimum atomic E-state index is -1.17. The first-order chi connectivity index (χ1) is 11.6. The molecule has 0 fully saturated rings. The predicted molar refractivity (Wildman–Crippen MR) is 84.7 cm³/mol. The highest BCUT2D eigenvalue weighted by Gasteiger charge is 2.22. The number of methoxy groups -OCH3 is 2. The summed E-state index contributed by atoms with van der Waals surface area (Å²) in [6, 6.07) is 8.59. The van der Waals surface area contributed by atoms with Crippen LogP contribution in [-0.4, -0.2) is 45.3 Å². The summed E-state index contributed by atoms with van der Waals surface area (Å²) in [5.41, 5.74) is 1.31. The third-order valence-corrected chi connectivity index (χ3v) is 3.39. The molecule has 3 aromatic rings. The van der Waals surface area contributed by atoms with Gasteiger partial charge in [0.2, 0.25) is 0 Å². The van der Waals surface area contributed by atoms with Crippen molar-refractivity contribution in [2.45, 2.75) is 0 Å². The molecule has 1 aromatic carbocycles. The molecule has 1 N–H and O–H groups in total. The molecule has 0 saturated carbocycles. The summed E-state index contributed by atoms with van der Waals surface area (Å²) in [4.78, 5) is 15.5. The summed E-state index contributed by atoms with van der Waals surface area (Å²) < 4.78 is 11.9. The normalized spacial score (nSPS) is 10.4. The first-order valence-corrected chi connectivity index (χ1v) is 6.97. The summed E-state index contributed by atoms with van der Waals surface area (Å²) >= 11 is 0. The number of hydrogen-bond donors (Lipinski definition) is 1. The SMILES string of the molecule is COc1cc(OC)cc(-n2nnc(C(=O)O)c2-c2cccnc2)c1. The molecule has 122 valence electrons. The summed E-state index contributed by atoms with van der Waals surface area (Å²) in [6.45, 7) is 0. The lowest BCUT2D eigenvalue weighted by atomic mass is 10.1. The highest BCUT2D eigenvalue weighted by molar-refractivity contribution is 5.93. The number of nitrogens with zero attached hydrogens (tertiary/aromatic N) is 4. The van der Waals surface area contributed by atoms with E-state index in [1.54, 1.807) is 42.7 Å². The second kappa shape index (κ2) is 6.37. The molecule has 0 saturated heterocycles. The van der Waals surface area contributed by atoms with E-state index in [2.05, 4.69) is 15.3 Å². The molecular formula is C16H14N4O4. The summed E-state index contributed by atoms with van der Waals surface area (Å²) in [5, 5.41) is 17.2. The Morgan fingerprint density at radius 3 is 2.42 bits per heavy atom. The molecule has 0 aliphatic heterocycles. The van der Waals surface area contributed by atoms with Gasteiger partial charge in [0.15, 0.2) is 5.69 Å². The van der Waals surface area contributed by atoms with Crippen molar-refractivity contribution < 1.29 is 19.4 Å². The molecule has 3 rings (SSSR count). The van der Waals surface area contributed by atoms with Crippen LogP contribution in [0.25, 0.3) is 16.9 Å². The van der Waals surface area contributed by atoms with Gasteiger partial charge in [0.1, 0.15) is 17.2 Å². The van der Waals surface area contributed by atoms with Gasteiger partial charge in [0, 0.05) is 36.2 Å². The van der Waals surface area contributed by atoms with Gasteiger partial charge in [-0.15, -0.1) is 5.10 Å². The second-order valence-electron chi connectivity index (χ2n) is 4.82. The smallest absolute Gasteiger partial charge is 0.358 e. The van der Waals surface area contributed by atoms with Gasteiger partial charge in [0.25, 0.3) is 0 Å². The molecule has 8 heteroatoms. The van der Waals surface area contributed by atoms with Crippen LogP contribution in [0, 0.1) is 0 Å². The van der Waals surface area contributed by atoms with Crippen LogP contribution in [0.15, 0.2) is 42.7 Å². The van der Waals surface area contributed by atoms with Crippen LogP contribution in [0.1, 0.15) is 10.5 Å². The van der Waals surface area contributed by atoms with E-state index < -0.39 is 5.97 Å². The third-order valence-electron chi connectivity index (χ3n) is 3.39. The standard InChI is InChI=1S/C16H14N4O4/c1-23-12-6-11(7-13(8-12)24-2)20-15(10-4-3-5-17-9-10)14(16(21)22)18-19-20/h3-9H,1-2H3,(H,21,22). The Kier molecular flexibility index (Phi) is 4.11. The Morgan fingerprint density at radius 2 is 1.88 bits per heavy atom. The number of aromatic nitrogens is 4. The van der Waals surface area contributed by atoms with Gasteiger partial charge in [0.05, 0.1) is 19.9 Å². The molecule has 2 heterocycles. The first kappa shape index (κ1) is 15.5. The summed E-state index contributed by atoms with van der Waals surface area (Å²) in [7, 11) is 3.06. The highest BCUT2D eigenvalue weighted by Crippen LogP contribution is 2.29. The molecule has 0 atom stereocenters. The van der Waals surface area contributed by atoms with Crippen LogP contribution in [0.4, 0.5) is 0 Å². The van der Waals surface area contributed by atoms with Gasteiger partial charge >= 0.3 is 5.97 Å². The fourth-order valence-corrected chi connectivity index (χ4v) is 2.28. The van der Waals surface area contributed by atoms with E-state index in [1.807, 2.05) is 0 Å². The number of aromatic carboxylic acids is 1. The first-order valence-electron chi connectivity index (χ1n) is 6.97. The van der Waals surface area contributed by atoms with Gasteiger partial charge in [-0.1, -0.05) is 5.21 Å². The number of carboxylic acids is 1. The van der Waals surface area contributed by atoms with E-state index in [1.165, 1.54) is 18.9 Å². The topological polar surface area (TPSA) is 99.4 Å². The Labute approximate surface area is 137 Å². The van der Waals surface area contributed by atoms with Crippen molar-refractivity contribution in [2.24, 2.45) is 0 Å². The van der Waals surface area contributed by atoms with E-state index >= 15 is 0 Å². The Bertz CT molecular complexity index is 855. The monoisotopic (exact) mass is 326 g/mol. The number of carboxylic acid groups (broad SMARTS) is 1. The largest absolute Gasteiger partial charge is 0.497 e. The van der Waals surface area contributed by atoms with Crippen molar-refractivity contribution in [2.75, 3.05) is 14.2 Å². The molecule has 0 aliphatic rings. The number of ether oxygens (including phenoxy) is 2. The maximum absolute atomic E-state index is 11.5. The molecule has 0 spiro atoms. The maximum atomic E-state index is 11.5. The Hall–Kier alpha value is -3.42. The zero-order valence-electron chi connectivity index (χ0n) is 13.0. The van der Waals surface area contributed by atoms with Gasteiger partial charge in [-0.2, -0.15) is 0 Å². The van der Waals surface area contributed by atoms with E-state index in [-0.39, 0.29) is 5.69 Å². The summed E-state index contributed by atoms with van der Waals surface area (Å²) in [5.74, 6) is -0.0716. The van der Waals surface area contributed by atoms with Crippen molar-refractivity contribution in [3.05, 3.63) is 48.4 Å². The lowest BCUT2D eigenvalue weighted by molar-refractivity contribution is 0.0691. The fourth-order valence-electron chi connectivity index (χ4n) is 2.28. The van der Waals surface area contributed by atoms with E-state index in [0.29, 0.717) is 28.4 Å². The minimum Gasteiger partial charge on any atom is -0.497 e. The van der Waals surface area contributed by atoms with Crippen molar-refractivity contribution in [3.63, 3.8) is 0 Å². The zero-order valence-corrected chi connectivity index (χ0v) is 13.0. The Morgan fingerprint density at radius 1 is 1.17 bits per heavy atom. The van der Waals surface area contributed by atoms with E-state index in [0.717, 1.165) is 0 Å². The predicted octanol–water partition coefficient (Wildman–Crippen LogP) is 2.04. The van der Waals surface area contributed by atoms with Crippen LogP contribution in [0.3, 0.4) is 0 Å². The maximum Gasteiger partial charge on any atom is 0.358 e. The van der Waals surface area contributed by atoms with Crippen LogP contribution < -0.4 is 9.47 Å². The van der Waals surface area contributed by atoms with Crippen molar-refractivity contribution >= 4 is 5.97 Å². The molecule has 0 unspecified atom stereocenters. The van der Waals surface area contributed by atoms with Gasteiger partial charge in [-0.25, -0.2) is 9.48 Å². The lowest BCUT2D eigenvalue weighted by Crippen LogP contribution is -2.04. The molecular weight excluding hydrogens is 312 g/mol. The lowest BCUT2D eigenvalue weighted by Gasteiger charge is -2.10. The number of hydrogen-bond acceptors (Lipinski definition) is 6. The number of benzene rings is 1. The Balaban J connectivity index is 2.24. The molecule has 0 radical (unpaired) electrons. The molecule has 0 amide bonds. The van der Waals surface area contributed by atoms with Crippen molar-refractivity contribution in [1.29, 1.82) is 0 Å². The van der Waals surface area contributed by atoms with Gasteiger partial charge in [-0.3, -0.25) is 4.98 Å². The third kappa shape index (κ3) is 2.76.